The van der Waals surface area contributed by atoms with E-state index in [1.807, 2.05) is 41.5 Å². The molecule has 0 unspecified atom stereocenters. The molecule has 0 saturated carbocycles. The number of hydrogen-bond acceptors (Lipinski definition) is 4. The summed E-state index contributed by atoms with van der Waals surface area (Å²) in [6.07, 6.45) is 3.21. The molecule has 0 saturated heterocycles. The summed E-state index contributed by atoms with van der Waals surface area (Å²) in [5, 5.41) is 0. The van der Waals surface area contributed by atoms with Crippen LogP contribution in [-0.4, -0.2) is 22.4 Å². The van der Waals surface area contributed by atoms with Crippen LogP contribution in [0.1, 0.15) is 51.9 Å². The van der Waals surface area contributed by atoms with E-state index in [4.69, 9.17) is 10.5 Å². The van der Waals surface area contributed by atoms with Gasteiger partial charge in [-0.1, -0.05) is 13.8 Å². The Morgan fingerprint density at radius 3 is 2.32 bits per heavy atom. The number of rotatable bonds is 5. The van der Waals surface area contributed by atoms with Crippen molar-refractivity contribution in [3.63, 3.8) is 0 Å². The minimum atomic E-state index is -0.675. The number of carbonyl (C=O) groups excluding carboxylic acids is 1. The number of nitrogens with zero attached hydrogens (tertiary/aromatic N) is 1. The van der Waals surface area contributed by atoms with Crippen LogP contribution in [0, 0.1) is 5.41 Å². The first-order valence-electron chi connectivity index (χ1n) is 6.51. The number of hydrogen-bond donors (Lipinski definition) is 1. The molecule has 0 aliphatic rings. The molecule has 0 fully saturated rings. The van der Waals surface area contributed by atoms with Crippen LogP contribution in [0.25, 0.3) is 0 Å². The molecule has 2 N–H and O–H groups in total. The van der Waals surface area contributed by atoms with E-state index in [2.05, 4.69) is 4.98 Å². The van der Waals surface area contributed by atoms with Gasteiger partial charge in [-0.05, 0) is 33.8 Å². The van der Waals surface area contributed by atoms with Gasteiger partial charge in [0.05, 0.1) is 12.3 Å². The van der Waals surface area contributed by atoms with Crippen molar-refractivity contribution in [2.24, 2.45) is 11.1 Å². The number of nitrogens with two attached hydrogens (primary N) is 1. The number of aromatic nitrogens is 1. The molecule has 19 heavy (non-hydrogen) atoms. The second-order valence-corrected chi connectivity index (χ2v) is 6.25. The van der Waals surface area contributed by atoms with Gasteiger partial charge in [0.15, 0.2) is 5.78 Å². The van der Waals surface area contributed by atoms with Gasteiger partial charge in [-0.2, -0.15) is 0 Å². The first kappa shape index (κ1) is 15.6. The summed E-state index contributed by atoms with van der Waals surface area (Å²) in [5.74, 6) is 0.577. The fourth-order valence-corrected chi connectivity index (χ4v) is 1.53. The van der Waals surface area contributed by atoms with E-state index in [0.29, 0.717) is 11.3 Å². The quantitative estimate of drug-likeness (QED) is 0.830. The molecule has 0 atom stereocenters. The van der Waals surface area contributed by atoms with Gasteiger partial charge in [-0.25, -0.2) is 0 Å². The van der Waals surface area contributed by atoms with E-state index >= 15 is 0 Å². The Labute approximate surface area is 115 Å². The lowest BCUT2D eigenvalue weighted by Gasteiger charge is -2.37. The highest BCUT2D eigenvalue weighted by Crippen LogP contribution is 2.32. The number of carbonyl (C=O) groups is 1. The van der Waals surface area contributed by atoms with Crippen LogP contribution >= 0.6 is 0 Å². The summed E-state index contributed by atoms with van der Waals surface area (Å²) in [6, 6.07) is 1.73. The SMILES string of the molecule is CC(C)Oc1cncc(C(=O)C(C)(C)C(C)(C)N)c1. The van der Waals surface area contributed by atoms with Crippen LogP contribution in [0.4, 0.5) is 0 Å². The smallest absolute Gasteiger partial charge is 0.171 e. The lowest BCUT2D eigenvalue weighted by atomic mass is 9.70. The van der Waals surface area contributed by atoms with Gasteiger partial charge in [0.25, 0.3) is 0 Å². The molecule has 1 aromatic rings. The van der Waals surface area contributed by atoms with Crippen molar-refractivity contribution in [3.05, 3.63) is 24.0 Å². The van der Waals surface area contributed by atoms with Gasteiger partial charge in [0.2, 0.25) is 0 Å². The van der Waals surface area contributed by atoms with E-state index < -0.39 is 11.0 Å². The lowest BCUT2D eigenvalue weighted by Crippen LogP contribution is -2.51. The Kier molecular flexibility index (Phi) is 4.35. The first-order chi connectivity index (χ1) is 8.55. The summed E-state index contributed by atoms with van der Waals surface area (Å²) in [6.45, 7) is 11.3. The molecule has 4 nitrogen and oxygen atoms in total. The third kappa shape index (κ3) is 3.53. The largest absolute Gasteiger partial charge is 0.489 e. The average molecular weight is 264 g/mol. The number of ether oxygens (including phenoxy) is 1. The van der Waals surface area contributed by atoms with Crippen LogP contribution < -0.4 is 10.5 Å². The molecule has 0 spiro atoms. The highest BCUT2D eigenvalue weighted by Gasteiger charge is 2.40. The van der Waals surface area contributed by atoms with Gasteiger partial charge in [-0.15, -0.1) is 0 Å². The van der Waals surface area contributed by atoms with Crippen molar-refractivity contribution in [3.8, 4) is 5.75 Å². The second kappa shape index (κ2) is 5.29. The van der Waals surface area contributed by atoms with Crippen molar-refractivity contribution in [2.75, 3.05) is 0 Å². The summed E-state index contributed by atoms with van der Waals surface area (Å²) < 4.78 is 5.56. The molecule has 1 aromatic heterocycles. The number of pyridine rings is 1. The molecular weight excluding hydrogens is 240 g/mol. The molecule has 0 radical (unpaired) electrons. The molecule has 0 bridgehead atoms. The molecule has 0 aliphatic carbocycles. The van der Waals surface area contributed by atoms with Gasteiger partial charge in [0, 0.05) is 22.7 Å². The van der Waals surface area contributed by atoms with Crippen molar-refractivity contribution in [2.45, 2.75) is 53.2 Å². The standard InChI is InChI=1S/C15H24N2O2/c1-10(2)19-12-7-11(8-17-9-12)13(18)14(3,4)15(5,6)16/h7-10H,16H2,1-6H3. The van der Waals surface area contributed by atoms with Crippen molar-refractivity contribution in [1.29, 1.82) is 0 Å². The zero-order valence-corrected chi connectivity index (χ0v) is 12.7. The van der Waals surface area contributed by atoms with Crippen LogP contribution in [0.2, 0.25) is 0 Å². The monoisotopic (exact) mass is 264 g/mol. The Morgan fingerprint density at radius 1 is 1.26 bits per heavy atom. The Morgan fingerprint density at radius 2 is 1.84 bits per heavy atom. The molecule has 0 aromatic carbocycles. The summed E-state index contributed by atoms with van der Waals surface area (Å²) in [4.78, 5) is 16.6. The van der Waals surface area contributed by atoms with Gasteiger partial charge < -0.3 is 10.5 Å². The normalized spacial score (nSPS) is 12.6. The van der Waals surface area contributed by atoms with Crippen LogP contribution in [0.5, 0.6) is 5.75 Å². The van der Waals surface area contributed by atoms with E-state index in [1.54, 1.807) is 18.5 Å². The predicted octanol–water partition coefficient (Wildman–Crippen LogP) is 2.82. The maximum absolute atomic E-state index is 12.6. The molecule has 1 heterocycles. The van der Waals surface area contributed by atoms with Crippen LogP contribution in [-0.2, 0) is 0 Å². The highest BCUT2D eigenvalue weighted by molar-refractivity contribution is 6.01. The predicted molar refractivity (Wildman–Crippen MR) is 76.4 cm³/mol. The zero-order valence-electron chi connectivity index (χ0n) is 12.7. The molecular formula is C15H24N2O2. The number of Topliss-reactive ketones (excluding diaryl/α,β-unsaturated/α-hetero) is 1. The van der Waals surface area contributed by atoms with Gasteiger partial charge in [0.1, 0.15) is 5.75 Å². The highest BCUT2D eigenvalue weighted by atomic mass is 16.5. The van der Waals surface area contributed by atoms with Crippen molar-refractivity contribution >= 4 is 5.78 Å². The van der Waals surface area contributed by atoms with E-state index in [0.717, 1.165) is 0 Å². The summed E-state index contributed by atoms with van der Waals surface area (Å²) in [5.41, 5.74) is 5.34. The molecule has 4 heteroatoms. The van der Waals surface area contributed by atoms with E-state index in [1.165, 1.54) is 0 Å². The minimum absolute atomic E-state index is 0.0262. The summed E-state index contributed by atoms with van der Waals surface area (Å²) in [7, 11) is 0. The fraction of sp³-hybridized carbons (Fsp3) is 0.600. The lowest BCUT2D eigenvalue weighted by molar-refractivity contribution is 0.0733. The molecule has 106 valence electrons. The molecule has 0 aliphatic heterocycles. The Hall–Kier alpha value is -1.42. The molecule has 0 amide bonds. The maximum atomic E-state index is 12.6. The minimum Gasteiger partial charge on any atom is -0.489 e. The molecule has 1 rings (SSSR count). The average Bonchev–Trinajstić information content (AvgIpc) is 2.25. The van der Waals surface area contributed by atoms with Crippen LogP contribution in [0.15, 0.2) is 18.5 Å². The van der Waals surface area contributed by atoms with Crippen LogP contribution in [0.3, 0.4) is 0 Å². The van der Waals surface area contributed by atoms with E-state index in [-0.39, 0.29) is 11.9 Å². The van der Waals surface area contributed by atoms with E-state index in [9.17, 15) is 4.79 Å². The third-order valence-electron chi connectivity index (χ3n) is 3.53. The zero-order chi connectivity index (χ0) is 14.8. The van der Waals surface area contributed by atoms with Gasteiger partial charge in [-0.3, -0.25) is 9.78 Å². The summed E-state index contributed by atoms with van der Waals surface area (Å²) >= 11 is 0. The number of ketones is 1. The topological polar surface area (TPSA) is 65.2 Å². The Bertz CT molecular complexity index is 459. The third-order valence-corrected chi connectivity index (χ3v) is 3.53. The fourth-order valence-electron chi connectivity index (χ4n) is 1.53. The maximum Gasteiger partial charge on any atom is 0.171 e. The Balaban J connectivity index is 3.07. The first-order valence-corrected chi connectivity index (χ1v) is 6.51. The van der Waals surface area contributed by atoms with Crippen molar-refractivity contribution < 1.29 is 9.53 Å². The van der Waals surface area contributed by atoms with Gasteiger partial charge >= 0.3 is 0 Å². The second-order valence-electron chi connectivity index (χ2n) is 6.25. The van der Waals surface area contributed by atoms with Crippen molar-refractivity contribution in [1.82, 2.24) is 4.98 Å².